The number of benzene rings is 1. The summed E-state index contributed by atoms with van der Waals surface area (Å²) in [4.78, 5) is 35.6. The van der Waals surface area contributed by atoms with Crippen molar-refractivity contribution in [2.75, 3.05) is 13.2 Å². The second-order valence-electron chi connectivity index (χ2n) is 5.53. The van der Waals surface area contributed by atoms with Crippen LogP contribution in [0.15, 0.2) is 30.3 Å². The lowest BCUT2D eigenvalue weighted by atomic mass is 10.0. The van der Waals surface area contributed by atoms with E-state index in [2.05, 4.69) is 0 Å². The van der Waals surface area contributed by atoms with E-state index in [0.29, 0.717) is 5.75 Å². The molecule has 0 spiro atoms. The van der Waals surface area contributed by atoms with Crippen molar-refractivity contribution in [2.45, 2.75) is 31.2 Å². The number of carbonyl (C=O) groups is 3. The number of aliphatic carboxylic acids is 1. The van der Waals surface area contributed by atoms with Crippen molar-refractivity contribution in [3.63, 3.8) is 0 Å². The summed E-state index contributed by atoms with van der Waals surface area (Å²) in [6, 6.07) is 7.83. The standard InChI is InChI=1S/C16H17NO7/c18-12-8-13-17(12)15(16(20)21)11(24-13)6-7-22-14(19)9-23-10-4-2-1-3-5-10/h1-5,11,13,15H,6-9H2,(H,20,21). The molecule has 3 unspecified atom stereocenters. The zero-order valence-electron chi connectivity index (χ0n) is 12.8. The van der Waals surface area contributed by atoms with Crippen molar-refractivity contribution in [1.29, 1.82) is 0 Å². The highest BCUT2D eigenvalue weighted by atomic mass is 16.6. The first-order valence-electron chi connectivity index (χ1n) is 7.59. The fraction of sp³-hybridized carbons (Fsp3) is 0.438. The van der Waals surface area contributed by atoms with E-state index in [1.54, 1.807) is 24.3 Å². The Morgan fingerprint density at radius 2 is 2.04 bits per heavy atom. The van der Waals surface area contributed by atoms with Gasteiger partial charge in [-0.05, 0) is 12.1 Å². The molecule has 3 atom stereocenters. The SMILES string of the molecule is O=C(COc1ccccc1)OCCC1OC2CC(=O)N2C1C(=O)O. The summed E-state index contributed by atoms with van der Waals surface area (Å²) in [7, 11) is 0. The number of hydrogen-bond donors (Lipinski definition) is 1. The lowest BCUT2D eigenvalue weighted by Gasteiger charge is -2.34. The summed E-state index contributed by atoms with van der Waals surface area (Å²) >= 11 is 0. The Labute approximate surface area is 137 Å². The average molecular weight is 335 g/mol. The molecule has 24 heavy (non-hydrogen) atoms. The van der Waals surface area contributed by atoms with Gasteiger partial charge in [0.1, 0.15) is 12.0 Å². The largest absolute Gasteiger partial charge is 0.482 e. The molecule has 2 fully saturated rings. The Bertz CT molecular complexity index is 633. The molecule has 0 radical (unpaired) electrons. The molecule has 2 heterocycles. The van der Waals surface area contributed by atoms with Crippen molar-refractivity contribution < 1.29 is 33.7 Å². The predicted molar refractivity (Wildman–Crippen MR) is 79.1 cm³/mol. The number of carbonyl (C=O) groups excluding carboxylic acids is 2. The first-order chi connectivity index (χ1) is 11.6. The minimum atomic E-state index is -1.12. The maximum atomic E-state index is 11.6. The number of carboxylic acids is 1. The number of fused-ring (bicyclic) bond motifs is 1. The summed E-state index contributed by atoms with van der Waals surface area (Å²) in [5.41, 5.74) is 0. The molecule has 128 valence electrons. The quantitative estimate of drug-likeness (QED) is 0.568. The second kappa shape index (κ2) is 6.88. The van der Waals surface area contributed by atoms with Crippen LogP contribution >= 0.6 is 0 Å². The van der Waals surface area contributed by atoms with Gasteiger partial charge in [0.05, 0.1) is 19.1 Å². The molecule has 1 N–H and O–H groups in total. The lowest BCUT2D eigenvalue weighted by Crippen LogP contribution is -2.55. The first-order valence-corrected chi connectivity index (χ1v) is 7.59. The summed E-state index contributed by atoms with van der Waals surface area (Å²) in [6.45, 7) is -0.231. The van der Waals surface area contributed by atoms with Crippen molar-refractivity contribution >= 4 is 17.8 Å². The van der Waals surface area contributed by atoms with Crippen molar-refractivity contribution in [3.8, 4) is 5.75 Å². The van der Waals surface area contributed by atoms with Gasteiger partial charge in [-0.15, -0.1) is 0 Å². The van der Waals surface area contributed by atoms with Crippen LogP contribution in [0.2, 0.25) is 0 Å². The van der Waals surface area contributed by atoms with Crippen LogP contribution < -0.4 is 4.74 Å². The monoisotopic (exact) mass is 335 g/mol. The van der Waals surface area contributed by atoms with E-state index in [0.717, 1.165) is 0 Å². The van der Waals surface area contributed by atoms with Crippen molar-refractivity contribution in [3.05, 3.63) is 30.3 Å². The Morgan fingerprint density at radius 3 is 2.71 bits per heavy atom. The molecular weight excluding hydrogens is 318 g/mol. The van der Waals surface area contributed by atoms with Gasteiger partial charge in [0.2, 0.25) is 5.91 Å². The number of β-lactam (4-membered cyclic amide) rings is 1. The lowest BCUT2D eigenvalue weighted by molar-refractivity contribution is -0.163. The second-order valence-corrected chi connectivity index (χ2v) is 5.53. The number of rotatable bonds is 7. The Balaban J connectivity index is 1.42. The topological polar surface area (TPSA) is 102 Å². The van der Waals surface area contributed by atoms with Gasteiger partial charge in [0.15, 0.2) is 12.6 Å². The number of amides is 1. The molecule has 0 aliphatic carbocycles. The zero-order valence-corrected chi connectivity index (χ0v) is 12.8. The highest BCUT2D eigenvalue weighted by Gasteiger charge is 2.55. The summed E-state index contributed by atoms with van der Waals surface area (Å²) in [5.74, 6) is -1.34. The molecule has 2 saturated heterocycles. The van der Waals surface area contributed by atoms with Crippen LogP contribution in [0.1, 0.15) is 12.8 Å². The van der Waals surface area contributed by atoms with Gasteiger partial charge in [-0.3, -0.25) is 9.69 Å². The maximum Gasteiger partial charge on any atom is 0.344 e. The van der Waals surface area contributed by atoms with E-state index in [4.69, 9.17) is 14.2 Å². The third-order valence-electron chi connectivity index (χ3n) is 3.95. The molecule has 8 nitrogen and oxygen atoms in total. The molecule has 0 aromatic heterocycles. The fourth-order valence-corrected chi connectivity index (χ4v) is 2.80. The Kier molecular flexibility index (Phi) is 4.66. The minimum Gasteiger partial charge on any atom is -0.482 e. The third kappa shape index (κ3) is 3.33. The zero-order chi connectivity index (χ0) is 17.1. The summed E-state index contributed by atoms with van der Waals surface area (Å²) in [5, 5.41) is 9.24. The Morgan fingerprint density at radius 1 is 1.29 bits per heavy atom. The third-order valence-corrected chi connectivity index (χ3v) is 3.95. The number of nitrogens with zero attached hydrogens (tertiary/aromatic N) is 1. The van der Waals surface area contributed by atoms with Gasteiger partial charge in [-0.25, -0.2) is 9.59 Å². The van der Waals surface area contributed by atoms with E-state index in [-0.39, 0.29) is 32.0 Å². The van der Waals surface area contributed by atoms with Gasteiger partial charge in [-0.1, -0.05) is 18.2 Å². The van der Waals surface area contributed by atoms with Gasteiger partial charge < -0.3 is 19.3 Å². The highest BCUT2D eigenvalue weighted by Crippen LogP contribution is 2.35. The van der Waals surface area contributed by atoms with E-state index in [9.17, 15) is 19.5 Å². The normalized spacial score (nSPS) is 24.9. The minimum absolute atomic E-state index is 0.000179. The van der Waals surface area contributed by atoms with Gasteiger partial charge >= 0.3 is 11.9 Å². The fourth-order valence-electron chi connectivity index (χ4n) is 2.80. The molecule has 1 aromatic rings. The molecular formula is C16H17NO7. The maximum absolute atomic E-state index is 11.6. The van der Waals surface area contributed by atoms with E-state index in [1.807, 2.05) is 6.07 Å². The van der Waals surface area contributed by atoms with Gasteiger partial charge in [0, 0.05) is 6.42 Å². The number of hydrogen-bond acceptors (Lipinski definition) is 6. The summed E-state index contributed by atoms with van der Waals surface area (Å²) < 4.78 is 15.8. The Hall–Kier alpha value is -2.61. The van der Waals surface area contributed by atoms with E-state index in [1.165, 1.54) is 4.90 Å². The molecule has 8 heteroatoms. The first kappa shape index (κ1) is 16.3. The van der Waals surface area contributed by atoms with Gasteiger partial charge in [0.25, 0.3) is 0 Å². The van der Waals surface area contributed by atoms with E-state index < -0.39 is 30.3 Å². The number of carboxylic acid groups (broad SMARTS) is 1. The van der Waals surface area contributed by atoms with Crippen LogP contribution in [0.25, 0.3) is 0 Å². The van der Waals surface area contributed by atoms with E-state index >= 15 is 0 Å². The van der Waals surface area contributed by atoms with Crippen LogP contribution in [0.5, 0.6) is 5.75 Å². The number of esters is 1. The van der Waals surface area contributed by atoms with Crippen LogP contribution in [0.4, 0.5) is 0 Å². The summed E-state index contributed by atoms with van der Waals surface area (Å²) in [6.07, 6.45) is -0.748. The smallest absolute Gasteiger partial charge is 0.344 e. The molecule has 0 bridgehead atoms. The molecule has 1 amide bonds. The average Bonchev–Trinajstić information content (AvgIpc) is 2.86. The molecule has 1 aromatic carbocycles. The van der Waals surface area contributed by atoms with Crippen LogP contribution in [-0.4, -0.2) is 59.4 Å². The number of para-hydroxylation sites is 1. The van der Waals surface area contributed by atoms with Gasteiger partial charge in [-0.2, -0.15) is 0 Å². The van der Waals surface area contributed by atoms with Crippen LogP contribution in [0.3, 0.4) is 0 Å². The van der Waals surface area contributed by atoms with Crippen molar-refractivity contribution in [1.82, 2.24) is 4.90 Å². The molecule has 0 saturated carbocycles. The molecule has 2 aliphatic rings. The van der Waals surface area contributed by atoms with Crippen molar-refractivity contribution in [2.24, 2.45) is 0 Å². The number of ether oxygens (including phenoxy) is 3. The van der Waals surface area contributed by atoms with Crippen LogP contribution in [0, 0.1) is 0 Å². The highest BCUT2D eigenvalue weighted by molar-refractivity contribution is 5.89. The molecule has 2 aliphatic heterocycles. The van der Waals surface area contributed by atoms with Crippen LogP contribution in [-0.2, 0) is 23.9 Å². The molecule has 3 rings (SSSR count). The predicted octanol–water partition coefficient (Wildman–Crippen LogP) is 0.409.